The molecule has 1 fully saturated rings. The summed E-state index contributed by atoms with van der Waals surface area (Å²) in [6.45, 7) is 2.72. The number of nitrogens with zero attached hydrogens (tertiary/aromatic N) is 1. The average Bonchev–Trinajstić information content (AvgIpc) is 2.62. The first-order valence-electron chi connectivity index (χ1n) is 9.03. The molecule has 0 spiro atoms. The van der Waals surface area contributed by atoms with Crippen LogP contribution in [0, 0.1) is 11.6 Å². The fraction of sp³-hybridized carbons (Fsp3) is 0.429. The van der Waals surface area contributed by atoms with E-state index >= 15 is 0 Å². The highest BCUT2D eigenvalue weighted by atomic mass is 19.1. The Balaban J connectivity index is 1.75. The number of aliphatic hydroxyl groups is 1. The lowest BCUT2D eigenvalue weighted by Gasteiger charge is -2.30. The summed E-state index contributed by atoms with van der Waals surface area (Å²) >= 11 is 0. The van der Waals surface area contributed by atoms with E-state index in [0.29, 0.717) is 13.0 Å². The minimum absolute atomic E-state index is 0.0824. The van der Waals surface area contributed by atoms with E-state index in [-0.39, 0.29) is 17.6 Å². The lowest BCUT2D eigenvalue weighted by Crippen LogP contribution is -2.37. The van der Waals surface area contributed by atoms with Crippen LogP contribution >= 0.6 is 0 Å². The quantitative estimate of drug-likeness (QED) is 0.842. The molecule has 3 rings (SSSR count). The molecular formula is C21H25F2NO. The van der Waals surface area contributed by atoms with E-state index < -0.39 is 6.10 Å². The molecule has 1 N–H and O–H groups in total. The van der Waals surface area contributed by atoms with E-state index in [4.69, 9.17) is 0 Å². The molecule has 1 aliphatic rings. The van der Waals surface area contributed by atoms with Crippen molar-refractivity contribution in [3.05, 3.63) is 71.3 Å². The van der Waals surface area contributed by atoms with Crippen LogP contribution in [0.5, 0.6) is 0 Å². The van der Waals surface area contributed by atoms with Gasteiger partial charge in [0, 0.05) is 12.5 Å². The van der Waals surface area contributed by atoms with E-state index in [0.717, 1.165) is 24.2 Å². The molecule has 25 heavy (non-hydrogen) atoms. The van der Waals surface area contributed by atoms with E-state index in [2.05, 4.69) is 4.90 Å². The molecule has 0 aliphatic carbocycles. The highest BCUT2D eigenvalue weighted by Gasteiger charge is 2.21. The molecule has 2 nitrogen and oxygen atoms in total. The van der Waals surface area contributed by atoms with Gasteiger partial charge >= 0.3 is 0 Å². The lowest BCUT2D eigenvalue weighted by atomic mass is 9.86. The number of β-amino-alcohol motifs (C(OH)–C–C–N with tert-alkyl or cyclic N) is 1. The molecule has 1 atom stereocenters. The first-order chi connectivity index (χ1) is 12.1. The Morgan fingerprint density at radius 3 is 1.76 bits per heavy atom. The van der Waals surface area contributed by atoms with Gasteiger partial charge in [-0.3, -0.25) is 0 Å². The van der Waals surface area contributed by atoms with Crippen molar-refractivity contribution in [1.82, 2.24) is 4.90 Å². The van der Waals surface area contributed by atoms with Crippen molar-refractivity contribution in [2.75, 3.05) is 19.6 Å². The smallest absolute Gasteiger partial charge is 0.123 e. The number of piperidine rings is 1. The molecule has 1 saturated heterocycles. The summed E-state index contributed by atoms with van der Waals surface area (Å²) in [5.74, 6) is -0.646. The molecule has 0 aromatic heterocycles. The Kier molecular flexibility index (Phi) is 6.16. The maximum Gasteiger partial charge on any atom is 0.123 e. The van der Waals surface area contributed by atoms with Crippen molar-refractivity contribution in [3.63, 3.8) is 0 Å². The summed E-state index contributed by atoms with van der Waals surface area (Å²) in [6, 6.07) is 12.7. The van der Waals surface area contributed by atoms with Gasteiger partial charge in [0.1, 0.15) is 11.6 Å². The Labute approximate surface area is 148 Å². The zero-order valence-electron chi connectivity index (χ0n) is 14.4. The van der Waals surface area contributed by atoms with Gasteiger partial charge in [0.25, 0.3) is 0 Å². The molecule has 1 unspecified atom stereocenters. The topological polar surface area (TPSA) is 23.5 Å². The van der Waals surface area contributed by atoms with Crippen molar-refractivity contribution in [2.45, 2.75) is 37.7 Å². The molecule has 0 radical (unpaired) electrons. The third-order valence-corrected chi connectivity index (χ3v) is 4.97. The van der Waals surface area contributed by atoms with Crippen LogP contribution in [0.4, 0.5) is 8.78 Å². The number of aliphatic hydroxyl groups excluding tert-OH is 1. The van der Waals surface area contributed by atoms with Crippen molar-refractivity contribution in [2.24, 2.45) is 0 Å². The minimum Gasteiger partial charge on any atom is -0.392 e. The molecule has 1 aliphatic heterocycles. The summed E-state index contributed by atoms with van der Waals surface area (Å²) in [5, 5.41) is 10.6. The molecule has 2 aromatic carbocycles. The number of halogens is 2. The van der Waals surface area contributed by atoms with Crippen LogP contribution in [-0.2, 0) is 0 Å². The van der Waals surface area contributed by atoms with Crippen LogP contribution in [0.1, 0.15) is 42.7 Å². The molecule has 0 amide bonds. The van der Waals surface area contributed by atoms with Crippen molar-refractivity contribution < 1.29 is 13.9 Å². The van der Waals surface area contributed by atoms with Gasteiger partial charge < -0.3 is 10.0 Å². The number of hydrogen-bond donors (Lipinski definition) is 1. The van der Waals surface area contributed by atoms with Gasteiger partial charge in [-0.25, -0.2) is 8.78 Å². The standard InChI is InChI=1S/C21H25F2NO/c22-18-8-4-16(5-9-18)21(17-6-10-19(23)11-7-17)14-20(25)15-24-12-2-1-3-13-24/h4-11,20-21,25H,1-3,12-15H2. The van der Waals surface area contributed by atoms with Gasteiger partial charge in [0.15, 0.2) is 0 Å². The van der Waals surface area contributed by atoms with Crippen molar-refractivity contribution in [1.29, 1.82) is 0 Å². The largest absolute Gasteiger partial charge is 0.392 e. The van der Waals surface area contributed by atoms with E-state index in [1.807, 2.05) is 0 Å². The first kappa shape index (κ1) is 18.0. The Morgan fingerprint density at radius 2 is 1.28 bits per heavy atom. The molecule has 0 saturated carbocycles. The van der Waals surface area contributed by atoms with Crippen LogP contribution < -0.4 is 0 Å². The van der Waals surface area contributed by atoms with Gasteiger partial charge in [0.05, 0.1) is 6.10 Å². The summed E-state index contributed by atoms with van der Waals surface area (Å²) in [6.07, 6.45) is 3.70. The van der Waals surface area contributed by atoms with Crippen LogP contribution in [0.2, 0.25) is 0 Å². The second-order valence-corrected chi connectivity index (χ2v) is 6.91. The number of hydrogen-bond acceptors (Lipinski definition) is 2. The number of benzene rings is 2. The van der Waals surface area contributed by atoms with Crippen LogP contribution in [0.25, 0.3) is 0 Å². The number of likely N-dealkylation sites (tertiary alicyclic amines) is 1. The SMILES string of the molecule is OC(CC(c1ccc(F)cc1)c1ccc(F)cc1)CN1CCCCC1. The molecule has 0 bridgehead atoms. The van der Waals surface area contributed by atoms with Crippen LogP contribution in [0.15, 0.2) is 48.5 Å². The summed E-state index contributed by atoms with van der Waals surface area (Å²) in [5.41, 5.74) is 1.87. The summed E-state index contributed by atoms with van der Waals surface area (Å²) < 4.78 is 26.5. The normalized spacial score (nSPS) is 17.0. The fourth-order valence-corrected chi connectivity index (χ4v) is 3.64. The van der Waals surface area contributed by atoms with Crippen LogP contribution in [-0.4, -0.2) is 35.7 Å². The van der Waals surface area contributed by atoms with Crippen LogP contribution in [0.3, 0.4) is 0 Å². The van der Waals surface area contributed by atoms with E-state index in [1.165, 1.54) is 43.5 Å². The van der Waals surface area contributed by atoms with Crippen molar-refractivity contribution >= 4 is 0 Å². The van der Waals surface area contributed by atoms with Gasteiger partial charge in [-0.2, -0.15) is 0 Å². The fourth-order valence-electron chi connectivity index (χ4n) is 3.64. The lowest BCUT2D eigenvalue weighted by molar-refractivity contribution is 0.0917. The zero-order valence-corrected chi connectivity index (χ0v) is 14.4. The minimum atomic E-state index is -0.474. The second-order valence-electron chi connectivity index (χ2n) is 6.91. The molecule has 134 valence electrons. The third-order valence-electron chi connectivity index (χ3n) is 4.97. The predicted octanol–water partition coefficient (Wildman–Crippen LogP) is 4.33. The highest BCUT2D eigenvalue weighted by Crippen LogP contribution is 2.30. The second kappa shape index (κ2) is 8.54. The molecular weight excluding hydrogens is 320 g/mol. The Hall–Kier alpha value is -1.78. The highest BCUT2D eigenvalue weighted by molar-refractivity contribution is 5.33. The Bertz CT molecular complexity index is 605. The maximum absolute atomic E-state index is 13.3. The molecule has 1 heterocycles. The first-order valence-corrected chi connectivity index (χ1v) is 9.03. The van der Waals surface area contributed by atoms with E-state index in [1.54, 1.807) is 24.3 Å². The number of rotatable bonds is 6. The van der Waals surface area contributed by atoms with Gasteiger partial charge in [0.2, 0.25) is 0 Å². The summed E-state index contributed by atoms with van der Waals surface area (Å²) in [4.78, 5) is 2.31. The van der Waals surface area contributed by atoms with Gasteiger partial charge in [-0.1, -0.05) is 30.7 Å². The Morgan fingerprint density at radius 1 is 0.800 bits per heavy atom. The zero-order chi connectivity index (χ0) is 17.6. The maximum atomic E-state index is 13.3. The molecule has 4 heteroatoms. The predicted molar refractivity (Wildman–Crippen MR) is 95.6 cm³/mol. The van der Waals surface area contributed by atoms with E-state index in [9.17, 15) is 13.9 Å². The monoisotopic (exact) mass is 345 g/mol. The van der Waals surface area contributed by atoms with Crippen molar-refractivity contribution in [3.8, 4) is 0 Å². The van der Waals surface area contributed by atoms with Gasteiger partial charge in [-0.05, 0) is 67.7 Å². The third kappa shape index (κ3) is 5.10. The molecule has 2 aromatic rings. The average molecular weight is 345 g/mol. The van der Waals surface area contributed by atoms with Gasteiger partial charge in [-0.15, -0.1) is 0 Å². The summed E-state index contributed by atoms with van der Waals surface area (Å²) in [7, 11) is 0.